The van der Waals surface area contributed by atoms with E-state index in [1.54, 1.807) is 0 Å². The Morgan fingerprint density at radius 3 is 2.50 bits per heavy atom. The third kappa shape index (κ3) is 4.86. The zero-order valence-electron chi connectivity index (χ0n) is 13.4. The first kappa shape index (κ1) is 16.5. The lowest BCUT2D eigenvalue weighted by molar-refractivity contribution is 0.237. The van der Waals surface area contributed by atoms with Gasteiger partial charge in [-0.15, -0.1) is 0 Å². The van der Waals surface area contributed by atoms with E-state index in [-0.39, 0.29) is 12.6 Å². The highest BCUT2D eigenvalue weighted by atomic mass is 16.5. The zero-order valence-corrected chi connectivity index (χ0v) is 13.4. The summed E-state index contributed by atoms with van der Waals surface area (Å²) in [6.45, 7) is 5.56. The van der Waals surface area contributed by atoms with E-state index < -0.39 is 0 Å². The highest BCUT2D eigenvalue weighted by Gasteiger charge is 2.07. The molecule has 0 aliphatic carbocycles. The molecule has 2 aromatic rings. The molecule has 3 nitrogen and oxygen atoms in total. The smallest absolute Gasteiger partial charge is 0.124 e. The number of aliphatic hydroxyl groups is 1. The number of ether oxygens (including phenoxy) is 1. The first-order valence-corrected chi connectivity index (χ1v) is 7.83. The quantitative estimate of drug-likeness (QED) is 0.784. The largest absolute Gasteiger partial charge is 0.489 e. The van der Waals surface area contributed by atoms with Crippen molar-refractivity contribution in [3.8, 4) is 5.75 Å². The molecule has 0 aliphatic heterocycles. The molecule has 2 N–H and O–H groups in total. The lowest BCUT2D eigenvalue weighted by atomic mass is 10.1. The fourth-order valence-electron chi connectivity index (χ4n) is 2.23. The molecule has 3 heteroatoms. The summed E-state index contributed by atoms with van der Waals surface area (Å²) in [5, 5.41) is 12.6. The summed E-state index contributed by atoms with van der Waals surface area (Å²) in [5.74, 6) is 0.892. The van der Waals surface area contributed by atoms with Gasteiger partial charge in [-0.3, -0.25) is 0 Å². The van der Waals surface area contributed by atoms with E-state index in [0.29, 0.717) is 13.2 Å². The summed E-state index contributed by atoms with van der Waals surface area (Å²) in [6, 6.07) is 16.5. The van der Waals surface area contributed by atoms with Crippen LogP contribution in [0.15, 0.2) is 48.5 Å². The van der Waals surface area contributed by atoms with Crippen LogP contribution in [-0.2, 0) is 13.2 Å². The fraction of sp³-hybridized carbons (Fsp3) is 0.368. The average Bonchev–Trinajstić information content (AvgIpc) is 2.56. The van der Waals surface area contributed by atoms with E-state index in [2.05, 4.69) is 49.5 Å². The Bertz CT molecular complexity index is 562. The van der Waals surface area contributed by atoms with E-state index in [9.17, 15) is 5.11 Å². The predicted molar refractivity (Wildman–Crippen MR) is 90.0 cm³/mol. The van der Waals surface area contributed by atoms with Crippen molar-refractivity contribution in [1.29, 1.82) is 0 Å². The van der Waals surface area contributed by atoms with E-state index in [0.717, 1.165) is 23.3 Å². The molecule has 22 heavy (non-hydrogen) atoms. The lowest BCUT2D eigenvalue weighted by Crippen LogP contribution is -2.31. The van der Waals surface area contributed by atoms with Crippen molar-refractivity contribution in [2.45, 2.75) is 39.5 Å². The molecule has 0 amide bonds. The summed E-state index contributed by atoms with van der Waals surface area (Å²) in [6.07, 6.45) is 0.906. The van der Waals surface area contributed by atoms with Crippen molar-refractivity contribution >= 4 is 0 Å². The fourth-order valence-corrected chi connectivity index (χ4v) is 2.23. The van der Waals surface area contributed by atoms with E-state index in [1.807, 2.05) is 18.2 Å². The number of rotatable bonds is 8. The van der Waals surface area contributed by atoms with Crippen LogP contribution >= 0.6 is 0 Å². The Labute approximate surface area is 133 Å². The number of aliphatic hydroxyl groups excluding tert-OH is 1. The SMILES string of the molecule is CCC(CO)NCc1ccccc1OCc1ccc(C)cc1. The van der Waals surface area contributed by atoms with Gasteiger partial charge in [0, 0.05) is 18.2 Å². The Balaban J connectivity index is 1.97. The second kappa shape index (κ2) is 8.57. The van der Waals surface area contributed by atoms with Crippen LogP contribution < -0.4 is 10.1 Å². The first-order chi connectivity index (χ1) is 10.7. The summed E-state index contributed by atoms with van der Waals surface area (Å²) >= 11 is 0. The number of hydrogen-bond donors (Lipinski definition) is 2. The molecular weight excluding hydrogens is 274 g/mol. The standard InChI is InChI=1S/C19H25NO2/c1-3-18(13-21)20-12-17-6-4-5-7-19(17)22-14-16-10-8-15(2)9-11-16/h4-11,18,20-21H,3,12-14H2,1-2H3. The van der Waals surface area contributed by atoms with Gasteiger partial charge < -0.3 is 15.2 Å². The van der Waals surface area contributed by atoms with Crippen molar-refractivity contribution in [2.75, 3.05) is 6.61 Å². The van der Waals surface area contributed by atoms with Crippen LogP contribution in [0.25, 0.3) is 0 Å². The molecule has 1 atom stereocenters. The van der Waals surface area contributed by atoms with Gasteiger partial charge >= 0.3 is 0 Å². The van der Waals surface area contributed by atoms with Crippen molar-refractivity contribution in [3.63, 3.8) is 0 Å². The molecule has 0 aliphatic rings. The monoisotopic (exact) mass is 299 g/mol. The van der Waals surface area contributed by atoms with Gasteiger partial charge in [-0.1, -0.05) is 55.0 Å². The van der Waals surface area contributed by atoms with Gasteiger partial charge in [-0.25, -0.2) is 0 Å². The molecule has 2 rings (SSSR count). The molecule has 1 unspecified atom stereocenters. The summed E-state index contributed by atoms with van der Waals surface area (Å²) < 4.78 is 5.96. The average molecular weight is 299 g/mol. The molecule has 0 fully saturated rings. The number of para-hydroxylation sites is 1. The number of nitrogens with one attached hydrogen (secondary N) is 1. The molecule has 0 heterocycles. The van der Waals surface area contributed by atoms with Gasteiger partial charge in [-0.05, 0) is 25.0 Å². The van der Waals surface area contributed by atoms with Crippen molar-refractivity contribution in [2.24, 2.45) is 0 Å². The third-order valence-corrected chi connectivity index (χ3v) is 3.78. The van der Waals surface area contributed by atoms with Gasteiger partial charge in [0.1, 0.15) is 12.4 Å². The second-order valence-electron chi connectivity index (χ2n) is 5.55. The van der Waals surface area contributed by atoms with Crippen molar-refractivity contribution in [1.82, 2.24) is 5.32 Å². The van der Waals surface area contributed by atoms with Crippen LogP contribution in [0.2, 0.25) is 0 Å². The van der Waals surface area contributed by atoms with Gasteiger partial charge in [-0.2, -0.15) is 0 Å². The van der Waals surface area contributed by atoms with E-state index >= 15 is 0 Å². The van der Waals surface area contributed by atoms with Crippen molar-refractivity contribution < 1.29 is 9.84 Å². The summed E-state index contributed by atoms with van der Waals surface area (Å²) in [7, 11) is 0. The first-order valence-electron chi connectivity index (χ1n) is 7.83. The maximum Gasteiger partial charge on any atom is 0.124 e. The molecule has 0 radical (unpaired) electrons. The van der Waals surface area contributed by atoms with Crippen LogP contribution in [0.3, 0.4) is 0 Å². The molecule has 0 saturated carbocycles. The van der Waals surface area contributed by atoms with E-state index in [1.165, 1.54) is 5.56 Å². The van der Waals surface area contributed by atoms with Gasteiger partial charge in [0.25, 0.3) is 0 Å². The topological polar surface area (TPSA) is 41.5 Å². The number of aryl methyl sites for hydroxylation is 1. The molecule has 2 aromatic carbocycles. The molecule has 0 aromatic heterocycles. The van der Waals surface area contributed by atoms with E-state index in [4.69, 9.17) is 4.74 Å². The van der Waals surface area contributed by atoms with Crippen LogP contribution in [0.4, 0.5) is 0 Å². The Hall–Kier alpha value is -1.84. The minimum absolute atomic E-state index is 0.130. The maximum absolute atomic E-state index is 9.25. The molecule has 0 bridgehead atoms. The van der Waals surface area contributed by atoms with Crippen LogP contribution in [0.5, 0.6) is 5.75 Å². The Kier molecular flexibility index (Phi) is 6.44. The molecular formula is C19H25NO2. The van der Waals surface area contributed by atoms with Gasteiger partial charge in [0.2, 0.25) is 0 Å². The predicted octanol–water partition coefficient (Wildman–Crippen LogP) is 3.43. The van der Waals surface area contributed by atoms with Crippen LogP contribution in [-0.4, -0.2) is 17.8 Å². The molecule has 0 spiro atoms. The summed E-state index contributed by atoms with van der Waals surface area (Å²) in [4.78, 5) is 0. The van der Waals surface area contributed by atoms with Gasteiger partial charge in [0.15, 0.2) is 0 Å². The summed E-state index contributed by atoms with van der Waals surface area (Å²) in [5.41, 5.74) is 3.53. The highest BCUT2D eigenvalue weighted by molar-refractivity contribution is 5.33. The zero-order chi connectivity index (χ0) is 15.8. The van der Waals surface area contributed by atoms with Crippen LogP contribution in [0, 0.1) is 6.92 Å². The minimum atomic E-state index is 0.130. The molecule has 0 saturated heterocycles. The van der Waals surface area contributed by atoms with Crippen molar-refractivity contribution in [3.05, 3.63) is 65.2 Å². The Morgan fingerprint density at radius 1 is 1.09 bits per heavy atom. The normalized spacial score (nSPS) is 12.1. The third-order valence-electron chi connectivity index (χ3n) is 3.78. The lowest BCUT2D eigenvalue weighted by Gasteiger charge is -2.16. The Morgan fingerprint density at radius 2 is 1.82 bits per heavy atom. The second-order valence-corrected chi connectivity index (χ2v) is 5.55. The number of benzene rings is 2. The van der Waals surface area contributed by atoms with Gasteiger partial charge in [0.05, 0.1) is 6.61 Å². The minimum Gasteiger partial charge on any atom is -0.489 e. The highest BCUT2D eigenvalue weighted by Crippen LogP contribution is 2.19. The molecule has 118 valence electrons. The van der Waals surface area contributed by atoms with Crippen LogP contribution in [0.1, 0.15) is 30.0 Å². The number of hydrogen-bond acceptors (Lipinski definition) is 3. The maximum atomic E-state index is 9.25.